The maximum atomic E-state index is 13.0. The number of ether oxygens (including phenoxy) is 1. The van der Waals surface area contributed by atoms with Gasteiger partial charge in [0.2, 0.25) is 0 Å². The topological polar surface area (TPSA) is 96.9 Å². The van der Waals surface area contributed by atoms with Gasteiger partial charge in [-0.1, -0.05) is 18.2 Å². The summed E-state index contributed by atoms with van der Waals surface area (Å²) in [5.74, 6) is -2.87. The van der Waals surface area contributed by atoms with Gasteiger partial charge in [-0.2, -0.15) is 18.3 Å². The Morgan fingerprint density at radius 2 is 1.88 bits per heavy atom. The molecule has 170 valence electrons. The number of nitrogens with one attached hydrogen (secondary N) is 2. The number of hydrogen-bond donors (Lipinski definition) is 2. The summed E-state index contributed by atoms with van der Waals surface area (Å²) in [4.78, 5) is 37.8. The highest BCUT2D eigenvalue weighted by Crippen LogP contribution is 2.38. The summed E-state index contributed by atoms with van der Waals surface area (Å²) < 4.78 is 44.1. The van der Waals surface area contributed by atoms with Crippen molar-refractivity contribution in [1.82, 2.24) is 5.43 Å². The van der Waals surface area contributed by atoms with E-state index < -0.39 is 29.5 Å². The highest BCUT2D eigenvalue weighted by molar-refractivity contribution is 7.17. The van der Waals surface area contributed by atoms with Crippen LogP contribution in [0.25, 0.3) is 0 Å². The van der Waals surface area contributed by atoms with Crippen molar-refractivity contribution in [3.8, 4) is 0 Å². The third-order valence-electron chi connectivity index (χ3n) is 4.72. The number of hydrogen-bond acceptors (Lipinski definition) is 6. The summed E-state index contributed by atoms with van der Waals surface area (Å²) in [6.07, 6.45) is -0.494. The Kier molecular flexibility index (Phi) is 7.29. The number of halogens is 3. The van der Waals surface area contributed by atoms with Gasteiger partial charge in [-0.25, -0.2) is 10.2 Å². The summed E-state index contributed by atoms with van der Waals surface area (Å²) >= 11 is 1.21. The Labute approximate surface area is 185 Å². The first-order valence-corrected chi connectivity index (χ1v) is 10.7. The molecule has 0 radical (unpaired) electrons. The van der Waals surface area contributed by atoms with Crippen LogP contribution in [0.15, 0.2) is 29.4 Å². The van der Waals surface area contributed by atoms with Crippen LogP contribution in [0, 0.1) is 0 Å². The maximum Gasteiger partial charge on any atom is 0.417 e. The minimum Gasteiger partial charge on any atom is -0.462 e. The number of thiophene rings is 1. The number of hydrazone groups is 1. The first kappa shape index (κ1) is 23.5. The van der Waals surface area contributed by atoms with E-state index in [1.54, 1.807) is 6.92 Å². The van der Waals surface area contributed by atoms with Crippen LogP contribution in [0.3, 0.4) is 0 Å². The highest BCUT2D eigenvalue weighted by Gasteiger charge is 2.32. The van der Waals surface area contributed by atoms with E-state index in [-0.39, 0.29) is 22.7 Å². The fourth-order valence-electron chi connectivity index (χ4n) is 3.31. The van der Waals surface area contributed by atoms with E-state index in [4.69, 9.17) is 4.74 Å². The Morgan fingerprint density at radius 3 is 2.59 bits per heavy atom. The lowest BCUT2D eigenvalue weighted by atomic mass is 9.95. The number of benzene rings is 1. The Balaban J connectivity index is 1.72. The molecule has 0 atom stereocenters. The average molecular weight is 467 g/mol. The Morgan fingerprint density at radius 1 is 1.16 bits per heavy atom. The van der Waals surface area contributed by atoms with Gasteiger partial charge in [0, 0.05) is 10.4 Å². The van der Waals surface area contributed by atoms with Crippen LogP contribution >= 0.6 is 11.3 Å². The fraction of sp³-hybridized carbons (Fsp3) is 0.333. The maximum absolute atomic E-state index is 13.0. The zero-order valence-electron chi connectivity index (χ0n) is 17.0. The number of carbonyl (C=O) groups excluding carboxylic acids is 3. The minimum absolute atomic E-state index is 0.158. The monoisotopic (exact) mass is 467 g/mol. The van der Waals surface area contributed by atoms with Gasteiger partial charge in [0.15, 0.2) is 0 Å². The van der Waals surface area contributed by atoms with Gasteiger partial charge in [0.1, 0.15) is 5.00 Å². The van der Waals surface area contributed by atoms with E-state index in [9.17, 15) is 27.6 Å². The minimum atomic E-state index is -4.59. The number of anilines is 1. The van der Waals surface area contributed by atoms with Crippen molar-refractivity contribution in [3.63, 3.8) is 0 Å². The van der Waals surface area contributed by atoms with E-state index in [0.717, 1.165) is 42.0 Å². The molecule has 0 saturated heterocycles. The zero-order chi connectivity index (χ0) is 23.3. The van der Waals surface area contributed by atoms with Crippen LogP contribution in [0.5, 0.6) is 0 Å². The molecule has 0 fully saturated rings. The molecule has 0 bridgehead atoms. The second kappa shape index (κ2) is 9.94. The van der Waals surface area contributed by atoms with Crippen molar-refractivity contribution in [2.75, 3.05) is 11.9 Å². The molecule has 0 spiro atoms. The van der Waals surface area contributed by atoms with E-state index in [2.05, 4.69) is 10.4 Å². The van der Waals surface area contributed by atoms with Crippen LogP contribution in [-0.2, 0) is 33.3 Å². The third-order valence-corrected chi connectivity index (χ3v) is 5.93. The van der Waals surface area contributed by atoms with Gasteiger partial charge in [-0.05, 0) is 44.2 Å². The Bertz CT molecular complexity index is 1060. The van der Waals surface area contributed by atoms with Crippen molar-refractivity contribution in [2.45, 2.75) is 38.8 Å². The van der Waals surface area contributed by atoms with E-state index in [1.807, 2.05) is 5.43 Å². The first-order chi connectivity index (χ1) is 15.2. The SMILES string of the molecule is CCOC(=O)c1c(NC(=O)C(=O)NN=Cc2ccccc2C(F)(F)F)sc2c1CCCC2. The van der Waals surface area contributed by atoms with Gasteiger partial charge in [0.25, 0.3) is 0 Å². The first-order valence-electron chi connectivity index (χ1n) is 9.84. The molecule has 0 aliphatic heterocycles. The standard InChI is InChI=1S/C21H20F3N3O4S/c1-2-31-20(30)16-13-8-4-6-10-15(13)32-19(16)26-17(28)18(29)27-25-11-12-7-3-5-9-14(12)21(22,23)24/h3,5,7,9,11H,2,4,6,8,10H2,1H3,(H,26,28)(H,27,29). The van der Waals surface area contributed by atoms with E-state index in [1.165, 1.54) is 29.5 Å². The van der Waals surface area contributed by atoms with Crippen LogP contribution in [0.1, 0.15) is 51.7 Å². The number of alkyl halides is 3. The molecular formula is C21H20F3N3O4S. The van der Waals surface area contributed by atoms with Gasteiger partial charge >= 0.3 is 24.0 Å². The molecule has 2 aromatic rings. The number of aryl methyl sites for hydroxylation is 1. The number of nitrogens with zero attached hydrogens (tertiary/aromatic N) is 1. The van der Waals surface area contributed by atoms with Crippen LogP contribution in [0.4, 0.5) is 18.2 Å². The van der Waals surface area contributed by atoms with Gasteiger partial charge < -0.3 is 10.1 Å². The van der Waals surface area contributed by atoms with E-state index >= 15 is 0 Å². The van der Waals surface area contributed by atoms with Gasteiger partial charge in [-0.15, -0.1) is 11.3 Å². The number of amides is 2. The number of carbonyl (C=O) groups is 3. The smallest absolute Gasteiger partial charge is 0.417 e. The van der Waals surface area contributed by atoms with Crippen LogP contribution < -0.4 is 10.7 Å². The molecule has 7 nitrogen and oxygen atoms in total. The summed E-state index contributed by atoms with van der Waals surface area (Å²) in [6.45, 7) is 1.82. The third kappa shape index (κ3) is 5.34. The van der Waals surface area contributed by atoms with E-state index in [0.29, 0.717) is 6.42 Å². The molecule has 0 unspecified atom stereocenters. The zero-order valence-corrected chi connectivity index (χ0v) is 17.9. The second-order valence-electron chi connectivity index (χ2n) is 6.87. The lowest BCUT2D eigenvalue weighted by Gasteiger charge is -2.12. The molecule has 1 aromatic heterocycles. The predicted molar refractivity (Wildman–Crippen MR) is 113 cm³/mol. The van der Waals surface area contributed by atoms with Crippen molar-refractivity contribution in [2.24, 2.45) is 5.10 Å². The molecule has 1 aliphatic carbocycles. The van der Waals surface area contributed by atoms with Crippen molar-refractivity contribution in [3.05, 3.63) is 51.4 Å². The summed E-state index contributed by atoms with van der Waals surface area (Å²) in [7, 11) is 0. The normalized spacial score (nSPS) is 13.5. The molecule has 11 heteroatoms. The van der Waals surface area contributed by atoms with Gasteiger partial charge in [-0.3, -0.25) is 9.59 Å². The molecule has 3 rings (SSSR count). The van der Waals surface area contributed by atoms with Crippen LogP contribution in [0.2, 0.25) is 0 Å². The number of rotatable bonds is 5. The van der Waals surface area contributed by atoms with Crippen LogP contribution in [-0.4, -0.2) is 30.6 Å². The van der Waals surface area contributed by atoms with Crippen molar-refractivity contribution < 1.29 is 32.3 Å². The molecule has 1 heterocycles. The summed E-state index contributed by atoms with van der Waals surface area (Å²) in [5, 5.41) is 6.07. The lowest BCUT2D eigenvalue weighted by molar-refractivity contribution is -0.137. The molecule has 1 aromatic carbocycles. The molecule has 1 aliphatic rings. The van der Waals surface area contributed by atoms with Crippen molar-refractivity contribution >= 4 is 40.3 Å². The van der Waals surface area contributed by atoms with Gasteiger partial charge in [0.05, 0.1) is 23.9 Å². The second-order valence-corrected chi connectivity index (χ2v) is 7.98. The molecule has 2 N–H and O–H groups in total. The number of esters is 1. The average Bonchev–Trinajstić information content (AvgIpc) is 3.11. The molecule has 32 heavy (non-hydrogen) atoms. The summed E-state index contributed by atoms with van der Waals surface area (Å²) in [5.41, 5.74) is 1.77. The molecule has 2 amide bonds. The predicted octanol–water partition coefficient (Wildman–Crippen LogP) is 3.91. The lowest BCUT2D eigenvalue weighted by Crippen LogP contribution is -2.32. The molecule has 0 saturated carbocycles. The fourth-order valence-corrected chi connectivity index (χ4v) is 4.58. The highest BCUT2D eigenvalue weighted by atomic mass is 32.1. The largest absolute Gasteiger partial charge is 0.462 e. The number of fused-ring (bicyclic) bond motifs is 1. The van der Waals surface area contributed by atoms with Crippen molar-refractivity contribution in [1.29, 1.82) is 0 Å². The quantitative estimate of drug-likeness (QED) is 0.302. The summed E-state index contributed by atoms with van der Waals surface area (Å²) in [6, 6.07) is 4.68. The Hall–Kier alpha value is -3.21. The molecular weight excluding hydrogens is 447 g/mol.